The maximum Gasteiger partial charge on any atom is 0.160 e. The highest BCUT2D eigenvalue weighted by Gasteiger charge is 2.19. The van der Waals surface area contributed by atoms with Gasteiger partial charge >= 0.3 is 0 Å². The third-order valence-corrected chi connectivity index (χ3v) is 11.8. The van der Waals surface area contributed by atoms with Crippen LogP contribution in [0.4, 0.5) is 0 Å². The zero-order valence-corrected chi connectivity index (χ0v) is 33.4. The van der Waals surface area contributed by atoms with Crippen LogP contribution in [0, 0.1) is 0 Å². The summed E-state index contributed by atoms with van der Waals surface area (Å²) in [5, 5.41) is 4.32. The molecule has 0 spiro atoms. The van der Waals surface area contributed by atoms with Gasteiger partial charge in [0.05, 0.1) is 17.1 Å². The van der Waals surface area contributed by atoms with E-state index >= 15 is 0 Å². The zero-order valence-electron chi connectivity index (χ0n) is 33.4. The van der Waals surface area contributed by atoms with Crippen molar-refractivity contribution in [3.8, 4) is 78.5 Å². The fourth-order valence-electron chi connectivity index (χ4n) is 8.70. The number of benzene rings is 8. The van der Waals surface area contributed by atoms with Crippen LogP contribution in [0.2, 0.25) is 0 Å². The van der Waals surface area contributed by atoms with Crippen molar-refractivity contribution in [1.29, 1.82) is 0 Å². The van der Waals surface area contributed by atoms with Crippen LogP contribution in [0.5, 0.6) is 0 Å². The molecule has 62 heavy (non-hydrogen) atoms. The van der Waals surface area contributed by atoms with Crippen LogP contribution in [-0.2, 0) is 0 Å². The Morgan fingerprint density at radius 1 is 0.290 bits per heavy atom. The highest BCUT2D eigenvalue weighted by molar-refractivity contribution is 6.11. The minimum absolute atomic E-state index is 0.618. The van der Waals surface area contributed by atoms with Crippen molar-refractivity contribution >= 4 is 43.9 Å². The molecule has 0 amide bonds. The van der Waals surface area contributed by atoms with Gasteiger partial charge < -0.3 is 8.83 Å². The summed E-state index contributed by atoms with van der Waals surface area (Å²) in [7, 11) is 0. The van der Waals surface area contributed by atoms with Gasteiger partial charge in [0, 0.05) is 61.1 Å². The molecule has 0 aliphatic carbocycles. The maximum atomic E-state index is 6.61. The minimum Gasteiger partial charge on any atom is -0.455 e. The van der Waals surface area contributed by atoms with Gasteiger partial charge in [0.25, 0.3) is 0 Å². The Bertz CT molecular complexity index is 3480. The summed E-state index contributed by atoms with van der Waals surface area (Å²) >= 11 is 0. The molecule has 0 N–H and O–H groups in total. The van der Waals surface area contributed by atoms with Gasteiger partial charge in [-0.2, -0.15) is 0 Å². The molecule has 0 saturated carbocycles. The number of aromatic nitrogens is 3. The number of furan rings is 2. The van der Waals surface area contributed by atoms with Gasteiger partial charge in [0.1, 0.15) is 22.3 Å². The van der Waals surface area contributed by atoms with Crippen molar-refractivity contribution in [3.05, 3.63) is 212 Å². The summed E-state index contributed by atoms with van der Waals surface area (Å²) in [4.78, 5) is 15.2. The smallest absolute Gasteiger partial charge is 0.160 e. The maximum absolute atomic E-state index is 6.61. The molecule has 0 radical (unpaired) electrons. The van der Waals surface area contributed by atoms with Crippen molar-refractivity contribution < 1.29 is 8.83 Å². The van der Waals surface area contributed by atoms with Crippen molar-refractivity contribution in [2.75, 3.05) is 0 Å². The van der Waals surface area contributed by atoms with Crippen LogP contribution in [0.1, 0.15) is 0 Å². The predicted molar refractivity (Wildman–Crippen MR) is 252 cm³/mol. The Morgan fingerprint density at radius 2 is 0.742 bits per heavy atom. The molecule has 0 unspecified atom stereocenters. The Hall–Kier alpha value is -8.41. The molecule has 12 aromatic rings. The zero-order chi connectivity index (χ0) is 41.0. The molecule has 8 aromatic carbocycles. The van der Waals surface area contributed by atoms with Crippen LogP contribution in [0.3, 0.4) is 0 Å². The third-order valence-electron chi connectivity index (χ3n) is 11.8. The van der Waals surface area contributed by atoms with E-state index in [2.05, 4.69) is 151 Å². The van der Waals surface area contributed by atoms with Crippen LogP contribution >= 0.6 is 0 Å². The monoisotopic (exact) mass is 793 g/mol. The molecule has 290 valence electrons. The van der Waals surface area contributed by atoms with Crippen LogP contribution < -0.4 is 0 Å². The highest BCUT2D eigenvalue weighted by atomic mass is 16.3. The van der Waals surface area contributed by atoms with E-state index in [0.717, 1.165) is 117 Å². The number of para-hydroxylation sites is 4. The molecule has 0 aliphatic rings. The van der Waals surface area contributed by atoms with E-state index in [0.29, 0.717) is 5.82 Å². The van der Waals surface area contributed by atoms with E-state index in [4.69, 9.17) is 18.8 Å². The Balaban J connectivity index is 1.03. The van der Waals surface area contributed by atoms with Gasteiger partial charge in [-0.05, 0) is 70.8 Å². The fraction of sp³-hybridized carbons (Fsp3) is 0. The second-order valence-corrected chi connectivity index (χ2v) is 15.6. The van der Waals surface area contributed by atoms with E-state index in [1.54, 1.807) is 0 Å². The number of rotatable bonds is 7. The standard InChI is InChI=1S/C57H35N3O2/c1-2-12-38(13-3-1)51-35-52(40-29-25-37(26-30-40)36-23-27-39(28-24-36)50-20-8-9-31-58-50)60-57(59-51)43-33-41(44-16-10-18-48-46-14-4-6-21-53(46)61-55(44)48)32-42(34-43)45-17-11-19-49-47-15-5-7-22-54(47)62-56(45)49/h1-35H. The van der Waals surface area contributed by atoms with Crippen molar-refractivity contribution in [2.24, 2.45) is 0 Å². The van der Waals surface area contributed by atoms with E-state index in [1.807, 2.05) is 66.9 Å². The molecular weight excluding hydrogens is 759 g/mol. The Morgan fingerprint density at radius 3 is 1.29 bits per heavy atom. The third kappa shape index (κ3) is 6.23. The quantitative estimate of drug-likeness (QED) is 0.161. The Labute approximate surface area is 357 Å². The molecule has 4 aromatic heterocycles. The fourth-order valence-corrected chi connectivity index (χ4v) is 8.70. The first-order chi connectivity index (χ1) is 30.7. The topological polar surface area (TPSA) is 65.0 Å². The summed E-state index contributed by atoms with van der Waals surface area (Å²) in [6, 6.07) is 71.3. The van der Waals surface area contributed by atoms with Crippen LogP contribution in [-0.4, -0.2) is 15.0 Å². The van der Waals surface area contributed by atoms with E-state index in [9.17, 15) is 0 Å². The number of fused-ring (bicyclic) bond motifs is 6. The van der Waals surface area contributed by atoms with E-state index < -0.39 is 0 Å². The first-order valence-corrected chi connectivity index (χ1v) is 20.7. The number of hydrogen-bond acceptors (Lipinski definition) is 5. The van der Waals surface area contributed by atoms with Gasteiger partial charge in [-0.15, -0.1) is 0 Å². The molecule has 4 heterocycles. The molecule has 0 fully saturated rings. The lowest BCUT2D eigenvalue weighted by atomic mass is 9.93. The molecule has 0 saturated heterocycles. The summed E-state index contributed by atoms with van der Waals surface area (Å²) in [5.41, 5.74) is 16.2. The summed E-state index contributed by atoms with van der Waals surface area (Å²) in [6.07, 6.45) is 1.82. The second kappa shape index (κ2) is 14.7. The molecule has 5 nitrogen and oxygen atoms in total. The van der Waals surface area contributed by atoms with Gasteiger partial charge in [-0.3, -0.25) is 4.98 Å². The van der Waals surface area contributed by atoms with Crippen molar-refractivity contribution in [2.45, 2.75) is 0 Å². The predicted octanol–water partition coefficient (Wildman–Crippen LogP) is 15.3. The van der Waals surface area contributed by atoms with E-state index in [1.165, 1.54) is 0 Å². The van der Waals surface area contributed by atoms with E-state index in [-0.39, 0.29) is 0 Å². The molecule has 0 bridgehead atoms. The number of nitrogens with zero attached hydrogens (tertiary/aromatic N) is 3. The van der Waals surface area contributed by atoms with Crippen LogP contribution in [0.15, 0.2) is 221 Å². The molecule has 0 aliphatic heterocycles. The summed E-state index contributed by atoms with van der Waals surface area (Å²) in [5.74, 6) is 0.618. The first-order valence-electron chi connectivity index (χ1n) is 20.7. The van der Waals surface area contributed by atoms with Gasteiger partial charge in [0.2, 0.25) is 0 Å². The average Bonchev–Trinajstić information content (AvgIpc) is 3.93. The van der Waals surface area contributed by atoms with Gasteiger partial charge in [0.15, 0.2) is 5.82 Å². The van der Waals surface area contributed by atoms with Crippen molar-refractivity contribution in [3.63, 3.8) is 0 Å². The number of pyridine rings is 1. The highest BCUT2D eigenvalue weighted by Crippen LogP contribution is 2.42. The van der Waals surface area contributed by atoms with Crippen LogP contribution in [0.25, 0.3) is 122 Å². The minimum atomic E-state index is 0.618. The lowest BCUT2D eigenvalue weighted by molar-refractivity contribution is 0.670. The molecule has 5 heteroatoms. The Kier molecular flexibility index (Phi) is 8.42. The second-order valence-electron chi connectivity index (χ2n) is 15.6. The lowest BCUT2D eigenvalue weighted by Gasteiger charge is -2.14. The lowest BCUT2D eigenvalue weighted by Crippen LogP contribution is -1.97. The SMILES string of the molecule is c1ccc(-c2cc(-c3ccc(-c4ccc(-c5ccccn5)cc4)cc3)nc(-c3cc(-c4cccc5c4oc4ccccc45)cc(-c4cccc5c4oc4ccccc45)c3)n2)cc1. The number of hydrogen-bond donors (Lipinski definition) is 0. The summed E-state index contributed by atoms with van der Waals surface area (Å²) < 4.78 is 13.2. The summed E-state index contributed by atoms with van der Waals surface area (Å²) in [6.45, 7) is 0. The van der Waals surface area contributed by atoms with Crippen molar-refractivity contribution in [1.82, 2.24) is 15.0 Å². The molecule has 0 atom stereocenters. The first kappa shape index (κ1) is 35.5. The molecule has 12 rings (SSSR count). The van der Waals surface area contributed by atoms with Gasteiger partial charge in [-0.1, -0.05) is 158 Å². The molecular formula is C57H35N3O2. The average molecular weight is 794 g/mol. The van der Waals surface area contributed by atoms with Gasteiger partial charge in [-0.25, -0.2) is 9.97 Å². The largest absolute Gasteiger partial charge is 0.455 e. The normalized spacial score (nSPS) is 11.5.